The standard InChI is InChI=1S/C34H30O8S2/c1-17(35)41-15-19-11-25-29(27(37)13-19)31(39)21-7-3-5-9-23(21)33(25)43-44-34-24-10-6-4-8-22(24)32(40)30-26(34)12-20(14-28(30)38)16-42-18(2)36/h3-10,19-20,39-40H,11-16H2,1-2H3. The van der Waals surface area contributed by atoms with E-state index >= 15 is 0 Å². The van der Waals surface area contributed by atoms with Crippen molar-refractivity contribution in [2.24, 2.45) is 11.8 Å². The van der Waals surface area contributed by atoms with Gasteiger partial charge in [0.05, 0.1) is 24.3 Å². The highest BCUT2D eigenvalue weighted by atomic mass is 33.1. The lowest BCUT2D eigenvalue weighted by Crippen LogP contribution is -2.25. The number of ketones is 2. The van der Waals surface area contributed by atoms with Crippen LogP contribution in [0.3, 0.4) is 0 Å². The monoisotopic (exact) mass is 630 g/mol. The Morgan fingerprint density at radius 2 is 1.02 bits per heavy atom. The number of aromatic hydroxyl groups is 2. The van der Waals surface area contributed by atoms with Crippen molar-refractivity contribution in [1.82, 2.24) is 0 Å². The minimum absolute atomic E-state index is 0.0488. The zero-order chi connectivity index (χ0) is 31.1. The van der Waals surface area contributed by atoms with Crippen LogP contribution in [0.25, 0.3) is 21.5 Å². The fraction of sp³-hybridized carbons (Fsp3) is 0.294. The van der Waals surface area contributed by atoms with E-state index in [9.17, 15) is 29.4 Å². The molecular formula is C34H30O8S2. The molecule has 226 valence electrons. The van der Waals surface area contributed by atoms with E-state index in [1.165, 1.54) is 35.4 Å². The van der Waals surface area contributed by atoms with Crippen LogP contribution in [0.2, 0.25) is 0 Å². The maximum absolute atomic E-state index is 13.4. The fourth-order valence-corrected chi connectivity index (χ4v) is 9.22. The molecule has 0 aliphatic heterocycles. The normalized spacial score (nSPS) is 17.8. The van der Waals surface area contributed by atoms with Gasteiger partial charge < -0.3 is 19.7 Å². The summed E-state index contributed by atoms with van der Waals surface area (Å²) in [5.74, 6) is -1.80. The quantitative estimate of drug-likeness (QED) is 0.166. The first-order valence-corrected chi connectivity index (χ1v) is 16.5. The van der Waals surface area contributed by atoms with Gasteiger partial charge in [-0.25, -0.2) is 0 Å². The number of rotatable bonds is 7. The Balaban J connectivity index is 1.47. The number of phenols is 2. The molecule has 10 heteroatoms. The van der Waals surface area contributed by atoms with Crippen LogP contribution in [0.1, 0.15) is 58.5 Å². The average molecular weight is 631 g/mol. The predicted octanol–water partition coefficient (Wildman–Crippen LogP) is 6.82. The number of phenolic OH excluding ortho intramolecular Hbond substituents is 2. The van der Waals surface area contributed by atoms with Gasteiger partial charge in [-0.2, -0.15) is 0 Å². The third-order valence-corrected chi connectivity index (χ3v) is 10.8. The third kappa shape index (κ3) is 5.52. The number of benzene rings is 4. The molecule has 0 bridgehead atoms. The molecule has 8 nitrogen and oxygen atoms in total. The van der Waals surface area contributed by atoms with Gasteiger partial charge in [0.25, 0.3) is 0 Å². The van der Waals surface area contributed by atoms with E-state index in [4.69, 9.17) is 9.47 Å². The molecule has 2 N–H and O–H groups in total. The van der Waals surface area contributed by atoms with Crippen molar-refractivity contribution in [3.63, 3.8) is 0 Å². The van der Waals surface area contributed by atoms with Crippen LogP contribution >= 0.6 is 21.6 Å². The zero-order valence-corrected chi connectivity index (χ0v) is 25.8. The van der Waals surface area contributed by atoms with E-state index in [-0.39, 0.29) is 61.0 Å². The van der Waals surface area contributed by atoms with Crippen LogP contribution in [0.15, 0.2) is 58.3 Å². The summed E-state index contributed by atoms with van der Waals surface area (Å²) in [6.45, 7) is 2.88. The van der Waals surface area contributed by atoms with Crippen LogP contribution in [-0.4, -0.2) is 46.9 Å². The van der Waals surface area contributed by atoms with Crippen LogP contribution in [-0.2, 0) is 31.9 Å². The van der Waals surface area contributed by atoms with Crippen molar-refractivity contribution >= 4 is 66.6 Å². The summed E-state index contributed by atoms with van der Waals surface area (Å²) in [6, 6.07) is 14.8. The maximum Gasteiger partial charge on any atom is 0.302 e. The highest BCUT2D eigenvalue weighted by Gasteiger charge is 2.35. The molecule has 0 heterocycles. The molecule has 2 atom stereocenters. The lowest BCUT2D eigenvalue weighted by molar-refractivity contribution is -0.143. The van der Waals surface area contributed by atoms with Crippen LogP contribution in [0, 0.1) is 11.8 Å². The van der Waals surface area contributed by atoms with Crippen molar-refractivity contribution in [2.45, 2.75) is 49.3 Å². The van der Waals surface area contributed by atoms with Crippen molar-refractivity contribution in [3.05, 3.63) is 70.8 Å². The SMILES string of the molecule is CC(=O)OCC1CC(=O)c2c(c(SSc3c4c(c(O)c5ccccc35)C(=O)CC(COC(C)=O)C4)c3ccccc3c2O)C1. The molecule has 4 aromatic rings. The average Bonchev–Trinajstić information content (AvgIpc) is 2.99. The van der Waals surface area contributed by atoms with E-state index in [0.717, 1.165) is 20.6 Å². The number of Topliss-reactive ketones (excluding diaryl/α,β-unsaturated/α-hetero) is 2. The Labute approximate surface area is 261 Å². The molecule has 44 heavy (non-hydrogen) atoms. The van der Waals surface area contributed by atoms with Crippen molar-refractivity contribution in [1.29, 1.82) is 0 Å². The van der Waals surface area contributed by atoms with Gasteiger partial charge in [-0.05, 0) is 24.0 Å². The van der Waals surface area contributed by atoms with Crippen LogP contribution in [0.4, 0.5) is 0 Å². The second kappa shape index (κ2) is 12.2. The van der Waals surface area contributed by atoms with E-state index in [0.29, 0.717) is 45.9 Å². The van der Waals surface area contributed by atoms with Gasteiger partial charge in [0.2, 0.25) is 0 Å². The Kier molecular flexibility index (Phi) is 8.30. The predicted molar refractivity (Wildman–Crippen MR) is 168 cm³/mol. The Bertz CT molecular complexity index is 1730. The lowest BCUT2D eigenvalue weighted by Gasteiger charge is -2.28. The first-order valence-electron chi connectivity index (χ1n) is 14.3. The summed E-state index contributed by atoms with van der Waals surface area (Å²) in [5.41, 5.74) is 1.99. The molecule has 4 aromatic carbocycles. The molecule has 2 aliphatic carbocycles. The number of hydrogen-bond acceptors (Lipinski definition) is 10. The second-order valence-corrected chi connectivity index (χ2v) is 13.5. The smallest absolute Gasteiger partial charge is 0.302 e. The van der Waals surface area contributed by atoms with E-state index in [1.54, 1.807) is 12.1 Å². The molecule has 0 amide bonds. The number of hydrogen-bond donors (Lipinski definition) is 2. The molecule has 0 aromatic heterocycles. The Hall–Kier alpha value is -4.02. The lowest BCUT2D eigenvalue weighted by atomic mass is 9.81. The highest BCUT2D eigenvalue weighted by Crippen LogP contribution is 2.53. The minimum atomic E-state index is -0.416. The number of fused-ring (bicyclic) bond motifs is 4. The molecule has 0 saturated carbocycles. The number of carbonyl (C=O) groups is 4. The van der Waals surface area contributed by atoms with E-state index in [1.807, 2.05) is 36.4 Å². The first kappa shape index (κ1) is 30.0. The van der Waals surface area contributed by atoms with Gasteiger partial charge in [0.1, 0.15) is 11.5 Å². The molecule has 2 aliphatic rings. The van der Waals surface area contributed by atoms with Gasteiger partial charge in [-0.1, -0.05) is 70.1 Å². The van der Waals surface area contributed by atoms with Crippen LogP contribution in [0.5, 0.6) is 11.5 Å². The molecule has 0 saturated heterocycles. The largest absolute Gasteiger partial charge is 0.507 e. The molecular weight excluding hydrogens is 601 g/mol. The van der Waals surface area contributed by atoms with Crippen molar-refractivity contribution < 1.29 is 38.9 Å². The Morgan fingerprint density at radius 1 is 0.659 bits per heavy atom. The maximum atomic E-state index is 13.4. The van der Waals surface area contributed by atoms with Gasteiger partial charge in [-0.15, -0.1) is 0 Å². The molecule has 0 radical (unpaired) electrons. The van der Waals surface area contributed by atoms with Gasteiger partial charge in [-0.3, -0.25) is 19.2 Å². The summed E-state index contributed by atoms with van der Waals surface area (Å²) in [6.07, 6.45) is 1.19. The summed E-state index contributed by atoms with van der Waals surface area (Å²) in [5, 5.41) is 25.2. The molecule has 6 rings (SSSR count). The summed E-state index contributed by atoms with van der Waals surface area (Å²) in [7, 11) is 2.87. The fourth-order valence-electron chi connectivity index (χ4n) is 6.30. The van der Waals surface area contributed by atoms with Crippen molar-refractivity contribution in [2.75, 3.05) is 13.2 Å². The highest BCUT2D eigenvalue weighted by molar-refractivity contribution is 8.76. The second-order valence-electron chi connectivity index (χ2n) is 11.3. The summed E-state index contributed by atoms with van der Waals surface area (Å²) >= 11 is 0. The van der Waals surface area contributed by atoms with Crippen molar-refractivity contribution in [3.8, 4) is 11.5 Å². The first-order chi connectivity index (χ1) is 21.1. The number of esters is 2. The number of carbonyl (C=O) groups excluding carboxylic acids is 4. The number of ether oxygens (including phenoxy) is 2. The van der Waals surface area contributed by atoms with Gasteiger partial charge in [0.15, 0.2) is 11.6 Å². The topological polar surface area (TPSA) is 127 Å². The molecule has 2 unspecified atom stereocenters. The van der Waals surface area contributed by atoms with Gasteiger partial charge in [0, 0.05) is 69.9 Å². The molecule has 0 spiro atoms. The van der Waals surface area contributed by atoms with Crippen LogP contribution < -0.4 is 0 Å². The summed E-state index contributed by atoms with van der Waals surface area (Å²) in [4.78, 5) is 51.5. The summed E-state index contributed by atoms with van der Waals surface area (Å²) < 4.78 is 10.5. The van der Waals surface area contributed by atoms with E-state index in [2.05, 4.69) is 0 Å². The molecule has 0 fully saturated rings. The third-order valence-electron chi connectivity index (χ3n) is 8.22. The van der Waals surface area contributed by atoms with E-state index < -0.39 is 11.9 Å². The minimum Gasteiger partial charge on any atom is -0.507 e. The Morgan fingerprint density at radius 3 is 1.39 bits per heavy atom. The van der Waals surface area contributed by atoms with Gasteiger partial charge >= 0.3 is 11.9 Å². The zero-order valence-electron chi connectivity index (χ0n) is 24.2.